The standard InChI is InChI=1S/C13H16N2O/c14-10-4-7-15(8-5-10)12-2-1-3-13-11(12)6-9-16-13/h1-3,6,9-10H,4-5,7-8,14H2. The summed E-state index contributed by atoms with van der Waals surface area (Å²) in [4.78, 5) is 2.40. The Morgan fingerprint density at radius 2 is 2.00 bits per heavy atom. The number of anilines is 1. The van der Waals surface area contributed by atoms with Crippen molar-refractivity contribution in [2.45, 2.75) is 18.9 Å². The smallest absolute Gasteiger partial charge is 0.135 e. The van der Waals surface area contributed by atoms with Gasteiger partial charge in [0.15, 0.2) is 0 Å². The largest absolute Gasteiger partial charge is 0.464 e. The topological polar surface area (TPSA) is 42.4 Å². The molecule has 0 spiro atoms. The van der Waals surface area contributed by atoms with Crippen molar-refractivity contribution in [3.8, 4) is 0 Å². The van der Waals surface area contributed by atoms with Crippen LogP contribution in [0.2, 0.25) is 0 Å². The Bertz CT molecular complexity index is 483. The predicted octanol–water partition coefficient (Wildman–Crippen LogP) is 2.36. The maximum absolute atomic E-state index is 5.92. The number of piperidine rings is 1. The number of rotatable bonds is 1. The summed E-state index contributed by atoms with van der Waals surface area (Å²) in [7, 11) is 0. The van der Waals surface area contributed by atoms with E-state index in [2.05, 4.69) is 17.0 Å². The van der Waals surface area contributed by atoms with Gasteiger partial charge >= 0.3 is 0 Å². The van der Waals surface area contributed by atoms with Crippen LogP contribution in [0.5, 0.6) is 0 Å². The van der Waals surface area contributed by atoms with Crippen LogP contribution >= 0.6 is 0 Å². The quantitative estimate of drug-likeness (QED) is 0.795. The van der Waals surface area contributed by atoms with Crippen molar-refractivity contribution in [3.05, 3.63) is 30.5 Å². The van der Waals surface area contributed by atoms with Gasteiger partial charge < -0.3 is 15.1 Å². The first-order valence-electron chi connectivity index (χ1n) is 5.81. The van der Waals surface area contributed by atoms with E-state index in [9.17, 15) is 0 Å². The highest BCUT2D eigenvalue weighted by Gasteiger charge is 2.18. The summed E-state index contributed by atoms with van der Waals surface area (Å²) in [5.74, 6) is 0. The van der Waals surface area contributed by atoms with Crippen molar-refractivity contribution in [2.24, 2.45) is 5.73 Å². The van der Waals surface area contributed by atoms with E-state index >= 15 is 0 Å². The lowest BCUT2D eigenvalue weighted by Gasteiger charge is -2.32. The molecule has 0 bridgehead atoms. The van der Waals surface area contributed by atoms with E-state index in [1.54, 1.807) is 6.26 Å². The highest BCUT2D eigenvalue weighted by atomic mass is 16.3. The van der Waals surface area contributed by atoms with Crippen molar-refractivity contribution >= 4 is 16.7 Å². The van der Waals surface area contributed by atoms with Gasteiger partial charge in [0.1, 0.15) is 5.58 Å². The molecule has 0 amide bonds. The second-order valence-corrected chi connectivity index (χ2v) is 4.43. The van der Waals surface area contributed by atoms with E-state index in [4.69, 9.17) is 10.2 Å². The van der Waals surface area contributed by atoms with Gasteiger partial charge in [-0.2, -0.15) is 0 Å². The third-order valence-corrected chi connectivity index (χ3v) is 3.35. The van der Waals surface area contributed by atoms with E-state index in [0.29, 0.717) is 6.04 Å². The van der Waals surface area contributed by atoms with Gasteiger partial charge in [-0.3, -0.25) is 0 Å². The summed E-state index contributed by atoms with van der Waals surface area (Å²) in [6.07, 6.45) is 3.91. The summed E-state index contributed by atoms with van der Waals surface area (Å²) < 4.78 is 5.42. The van der Waals surface area contributed by atoms with Crippen LogP contribution in [0, 0.1) is 0 Å². The summed E-state index contributed by atoms with van der Waals surface area (Å²) in [6, 6.07) is 8.64. The molecule has 3 rings (SSSR count). The first-order chi connectivity index (χ1) is 7.84. The highest BCUT2D eigenvalue weighted by Crippen LogP contribution is 2.29. The Morgan fingerprint density at radius 1 is 1.19 bits per heavy atom. The minimum absolute atomic E-state index is 0.375. The van der Waals surface area contributed by atoms with Crippen molar-refractivity contribution in [2.75, 3.05) is 18.0 Å². The molecule has 1 saturated heterocycles. The SMILES string of the molecule is NC1CCN(c2cccc3occc23)CC1. The minimum Gasteiger partial charge on any atom is -0.464 e. The van der Waals surface area contributed by atoms with Gasteiger partial charge in [-0.15, -0.1) is 0 Å². The Kier molecular flexibility index (Phi) is 2.33. The molecule has 0 atom stereocenters. The van der Waals surface area contributed by atoms with Gasteiger partial charge in [0.05, 0.1) is 6.26 Å². The number of hydrogen-bond acceptors (Lipinski definition) is 3. The number of furan rings is 1. The lowest BCUT2D eigenvalue weighted by molar-refractivity contribution is 0.502. The van der Waals surface area contributed by atoms with E-state index < -0.39 is 0 Å². The summed E-state index contributed by atoms with van der Waals surface area (Å²) in [5.41, 5.74) is 8.16. The zero-order valence-corrected chi connectivity index (χ0v) is 9.23. The normalized spacial score (nSPS) is 18.2. The molecule has 0 radical (unpaired) electrons. The van der Waals surface area contributed by atoms with Crippen LogP contribution < -0.4 is 10.6 Å². The number of nitrogens with zero attached hydrogens (tertiary/aromatic N) is 1. The number of nitrogens with two attached hydrogens (primary N) is 1. The molecule has 3 heteroatoms. The lowest BCUT2D eigenvalue weighted by Crippen LogP contribution is -2.39. The van der Waals surface area contributed by atoms with Gasteiger partial charge in [-0.25, -0.2) is 0 Å². The molecule has 2 aromatic rings. The van der Waals surface area contributed by atoms with Crippen molar-refractivity contribution < 1.29 is 4.42 Å². The van der Waals surface area contributed by atoms with E-state index in [0.717, 1.165) is 31.5 Å². The molecule has 2 N–H and O–H groups in total. The van der Waals surface area contributed by atoms with Crippen LogP contribution in [0.1, 0.15) is 12.8 Å². The number of benzene rings is 1. The molecule has 1 aromatic carbocycles. The zero-order chi connectivity index (χ0) is 11.0. The fraction of sp³-hybridized carbons (Fsp3) is 0.385. The highest BCUT2D eigenvalue weighted by molar-refractivity contribution is 5.91. The summed E-state index contributed by atoms with van der Waals surface area (Å²) in [6.45, 7) is 2.09. The van der Waals surface area contributed by atoms with Crippen molar-refractivity contribution in [3.63, 3.8) is 0 Å². The Morgan fingerprint density at radius 3 is 2.81 bits per heavy atom. The minimum atomic E-state index is 0.375. The molecule has 3 nitrogen and oxygen atoms in total. The van der Waals surface area contributed by atoms with Gasteiger partial charge in [0.2, 0.25) is 0 Å². The molecule has 1 aliphatic heterocycles. The van der Waals surface area contributed by atoms with E-state index in [1.807, 2.05) is 12.1 Å². The van der Waals surface area contributed by atoms with Crippen LogP contribution in [0.15, 0.2) is 34.9 Å². The fourth-order valence-corrected chi connectivity index (χ4v) is 2.39. The predicted molar refractivity (Wildman–Crippen MR) is 65.6 cm³/mol. The Hall–Kier alpha value is -1.48. The molecule has 1 aromatic heterocycles. The summed E-state index contributed by atoms with van der Waals surface area (Å²) >= 11 is 0. The van der Waals surface area contributed by atoms with Gasteiger partial charge in [-0.1, -0.05) is 6.07 Å². The van der Waals surface area contributed by atoms with Gasteiger partial charge in [-0.05, 0) is 31.0 Å². The van der Waals surface area contributed by atoms with Crippen LogP contribution in [0.25, 0.3) is 11.0 Å². The molecule has 16 heavy (non-hydrogen) atoms. The fourth-order valence-electron chi connectivity index (χ4n) is 2.39. The molecule has 2 heterocycles. The van der Waals surface area contributed by atoms with Gasteiger partial charge in [0, 0.05) is 30.2 Å². The van der Waals surface area contributed by atoms with Crippen LogP contribution in [-0.2, 0) is 0 Å². The molecule has 0 saturated carbocycles. The van der Waals surface area contributed by atoms with Crippen LogP contribution in [0.4, 0.5) is 5.69 Å². The molecular formula is C13H16N2O. The molecular weight excluding hydrogens is 200 g/mol. The maximum Gasteiger partial charge on any atom is 0.135 e. The van der Waals surface area contributed by atoms with Crippen LogP contribution in [-0.4, -0.2) is 19.1 Å². The molecule has 0 unspecified atom stereocenters. The molecule has 1 aliphatic rings. The van der Waals surface area contributed by atoms with Crippen LogP contribution in [0.3, 0.4) is 0 Å². The average Bonchev–Trinajstić information content (AvgIpc) is 2.78. The first-order valence-corrected chi connectivity index (χ1v) is 5.81. The lowest BCUT2D eigenvalue weighted by atomic mass is 10.0. The molecule has 0 aliphatic carbocycles. The number of fused-ring (bicyclic) bond motifs is 1. The first kappa shape index (κ1) is 9.73. The Labute approximate surface area is 94.8 Å². The summed E-state index contributed by atoms with van der Waals surface area (Å²) in [5, 5.41) is 1.21. The number of hydrogen-bond donors (Lipinski definition) is 1. The third-order valence-electron chi connectivity index (χ3n) is 3.35. The zero-order valence-electron chi connectivity index (χ0n) is 9.23. The second kappa shape index (κ2) is 3.83. The van der Waals surface area contributed by atoms with Crippen molar-refractivity contribution in [1.82, 2.24) is 0 Å². The average molecular weight is 216 g/mol. The second-order valence-electron chi connectivity index (χ2n) is 4.43. The van der Waals surface area contributed by atoms with E-state index in [-0.39, 0.29) is 0 Å². The van der Waals surface area contributed by atoms with Gasteiger partial charge in [0.25, 0.3) is 0 Å². The van der Waals surface area contributed by atoms with E-state index in [1.165, 1.54) is 11.1 Å². The Balaban J connectivity index is 1.96. The monoisotopic (exact) mass is 216 g/mol. The maximum atomic E-state index is 5.92. The molecule has 84 valence electrons. The molecule has 1 fully saturated rings. The van der Waals surface area contributed by atoms with Crippen molar-refractivity contribution in [1.29, 1.82) is 0 Å². The third kappa shape index (κ3) is 1.57.